The molecule has 2 rings (SSSR count). The van der Waals surface area contributed by atoms with Crippen LogP contribution in [0.3, 0.4) is 0 Å². The fraction of sp³-hybridized carbons (Fsp3) is 0.400. The monoisotopic (exact) mass is 163 g/mol. The van der Waals surface area contributed by atoms with Gasteiger partial charge in [-0.15, -0.1) is 0 Å². The lowest BCUT2D eigenvalue weighted by atomic mass is 10.1. The van der Waals surface area contributed by atoms with E-state index in [2.05, 4.69) is 6.07 Å². The van der Waals surface area contributed by atoms with Crippen molar-refractivity contribution in [3.05, 3.63) is 29.8 Å². The van der Waals surface area contributed by atoms with Crippen LogP contribution in [0.1, 0.15) is 17.9 Å². The highest BCUT2D eigenvalue weighted by molar-refractivity contribution is 5.33. The molecule has 1 aromatic carbocycles. The van der Waals surface area contributed by atoms with E-state index in [-0.39, 0.29) is 0 Å². The van der Waals surface area contributed by atoms with Crippen molar-refractivity contribution in [2.45, 2.75) is 12.3 Å². The number of hydrogen-bond acceptors (Lipinski definition) is 2. The highest BCUT2D eigenvalue weighted by atomic mass is 16.3. The van der Waals surface area contributed by atoms with E-state index in [1.165, 1.54) is 12.0 Å². The van der Waals surface area contributed by atoms with Crippen LogP contribution in [-0.4, -0.2) is 11.7 Å². The largest absolute Gasteiger partial charge is 0.508 e. The Morgan fingerprint density at radius 3 is 2.92 bits per heavy atom. The summed E-state index contributed by atoms with van der Waals surface area (Å²) < 4.78 is 0. The molecule has 0 spiro atoms. The van der Waals surface area contributed by atoms with Gasteiger partial charge in [-0.25, -0.2) is 0 Å². The van der Waals surface area contributed by atoms with Gasteiger partial charge in [-0.2, -0.15) is 0 Å². The van der Waals surface area contributed by atoms with Crippen molar-refractivity contribution in [1.29, 1.82) is 0 Å². The van der Waals surface area contributed by atoms with Gasteiger partial charge < -0.3 is 10.8 Å². The molecule has 1 aliphatic carbocycles. The molecule has 1 saturated carbocycles. The predicted molar refractivity (Wildman–Crippen MR) is 48.0 cm³/mol. The van der Waals surface area contributed by atoms with E-state index in [0.717, 1.165) is 6.54 Å². The summed E-state index contributed by atoms with van der Waals surface area (Å²) in [6, 6.07) is 7.47. The summed E-state index contributed by atoms with van der Waals surface area (Å²) in [5.41, 5.74) is 6.76. The second-order valence-corrected chi connectivity index (χ2v) is 3.43. The van der Waals surface area contributed by atoms with Crippen molar-refractivity contribution >= 4 is 0 Å². The van der Waals surface area contributed by atoms with E-state index < -0.39 is 0 Å². The number of phenolic OH excluding ortho intramolecular Hbond substituents is 1. The molecule has 3 N–H and O–H groups in total. The summed E-state index contributed by atoms with van der Waals surface area (Å²) in [5.74, 6) is 1.60. The third-order valence-electron chi connectivity index (χ3n) is 2.52. The lowest BCUT2D eigenvalue weighted by Crippen LogP contribution is -2.01. The summed E-state index contributed by atoms with van der Waals surface area (Å²) in [6.07, 6.45) is 1.18. The van der Waals surface area contributed by atoms with Gasteiger partial charge in [0.05, 0.1) is 0 Å². The smallest absolute Gasteiger partial charge is 0.115 e. The molecule has 0 aliphatic heterocycles. The zero-order valence-corrected chi connectivity index (χ0v) is 6.90. The first-order chi connectivity index (χ1) is 5.81. The molecule has 12 heavy (non-hydrogen) atoms. The minimum atomic E-state index is 0.357. The first-order valence-electron chi connectivity index (χ1n) is 4.30. The maximum Gasteiger partial charge on any atom is 0.115 e. The van der Waals surface area contributed by atoms with Gasteiger partial charge >= 0.3 is 0 Å². The third kappa shape index (κ3) is 1.30. The molecule has 64 valence electrons. The summed E-state index contributed by atoms with van der Waals surface area (Å²) in [6.45, 7) is 0.764. The van der Waals surface area contributed by atoms with Crippen LogP contribution in [0.25, 0.3) is 0 Å². The van der Waals surface area contributed by atoms with Gasteiger partial charge in [0.2, 0.25) is 0 Å². The fourth-order valence-corrected chi connectivity index (χ4v) is 1.67. The molecule has 2 unspecified atom stereocenters. The highest BCUT2D eigenvalue weighted by Gasteiger charge is 2.36. The van der Waals surface area contributed by atoms with Crippen molar-refractivity contribution in [1.82, 2.24) is 0 Å². The van der Waals surface area contributed by atoms with Gasteiger partial charge in [0.1, 0.15) is 5.75 Å². The SMILES string of the molecule is NCC1CC1c1cccc(O)c1. The fourth-order valence-electron chi connectivity index (χ4n) is 1.67. The zero-order valence-electron chi connectivity index (χ0n) is 6.90. The topological polar surface area (TPSA) is 46.2 Å². The van der Waals surface area contributed by atoms with Crippen LogP contribution in [0.15, 0.2) is 24.3 Å². The lowest BCUT2D eigenvalue weighted by Gasteiger charge is -1.99. The maximum absolute atomic E-state index is 9.22. The van der Waals surface area contributed by atoms with E-state index in [1.54, 1.807) is 6.07 Å². The van der Waals surface area contributed by atoms with Crippen molar-refractivity contribution in [3.8, 4) is 5.75 Å². The van der Waals surface area contributed by atoms with E-state index in [0.29, 0.717) is 17.6 Å². The van der Waals surface area contributed by atoms with E-state index in [1.807, 2.05) is 12.1 Å². The molecular formula is C10H13NO. The third-order valence-corrected chi connectivity index (χ3v) is 2.52. The van der Waals surface area contributed by atoms with Gasteiger partial charge in [-0.1, -0.05) is 12.1 Å². The Hall–Kier alpha value is -1.02. The molecule has 0 bridgehead atoms. The number of hydrogen-bond donors (Lipinski definition) is 2. The van der Waals surface area contributed by atoms with Crippen LogP contribution in [0.2, 0.25) is 0 Å². The Morgan fingerprint density at radius 2 is 2.33 bits per heavy atom. The molecule has 1 fully saturated rings. The van der Waals surface area contributed by atoms with Crippen LogP contribution in [-0.2, 0) is 0 Å². The van der Waals surface area contributed by atoms with Crippen LogP contribution >= 0.6 is 0 Å². The molecule has 1 aromatic rings. The van der Waals surface area contributed by atoms with Crippen LogP contribution in [0, 0.1) is 5.92 Å². The molecule has 2 atom stereocenters. The molecular weight excluding hydrogens is 150 g/mol. The molecule has 0 amide bonds. The van der Waals surface area contributed by atoms with Crippen molar-refractivity contribution < 1.29 is 5.11 Å². The summed E-state index contributed by atoms with van der Waals surface area (Å²) >= 11 is 0. The predicted octanol–water partition coefficient (Wildman–Crippen LogP) is 1.45. The first kappa shape index (κ1) is 7.62. The zero-order chi connectivity index (χ0) is 8.55. The van der Waals surface area contributed by atoms with Gasteiger partial charge in [-0.3, -0.25) is 0 Å². The van der Waals surface area contributed by atoms with Crippen LogP contribution < -0.4 is 5.73 Å². The van der Waals surface area contributed by atoms with E-state index >= 15 is 0 Å². The number of phenols is 1. The molecule has 0 heterocycles. The molecule has 0 aromatic heterocycles. The Labute approximate surface area is 72.0 Å². The summed E-state index contributed by atoms with van der Waals surface area (Å²) in [7, 11) is 0. The van der Waals surface area contributed by atoms with E-state index in [4.69, 9.17) is 5.73 Å². The standard InChI is InChI=1S/C10H13NO/c11-6-8-5-10(8)7-2-1-3-9(12)4-7/h1-4,8,10,12H,5-6,11H2. The van der Waals surface area contributed by atoms with Crippen LogP contribution in [0.4, 0.5) is 0 Å². The Morgan fingerprint density at radius 1 is 1.50 bits per heavy atom. The maximum atomic E-state index is 9.22. The average molecular weight is 163 g/mol. The average Bonchev–Trinajstić information content (AvgIpc) is 2.83. The van der Waals surface area contributed by atoms with Crippen molar-refractivity contribution in [2.24, 2.45) is 11.7 Å². The normalized spacial score (nSPS) is 27.1. The van der Waals surface area contributed by atoms with Gasteiger partial charge in [0.15, 0.2) is 0 Å². The second-order valence-electron chi connectivity index (χ2n) is 3.43. The summed E-state index contributed by atoms with van der Waals surface area (Å²) in [4.78, 5) is 0. The number of rotatable bonds is 2. The molecule has 0 saturated heterocycles. The highest BCUT2D eigenvalue weighted by Crippen LogP contribution is 2.47. The van der Waals surface area contributed by atoms with Crippen LogP contribution in [0.5, 0.6) is 5.75 Å². The number of aromatic hydroxyl groups is 1. The van der Waals surface area contributed by atoms with Gasteiger partial charge in [-0.05, 0) is 42.5 Å². The van der Waals surface area contributed by atoms with Gasteiger partial charge in [0.25, 0.3) is 0 Å². The summed E-state index contributed by atoms with van der Waals surface area (Å²) in [5, 5.41) is 9.22. The lowest BCUT2D eigenvalue weighted by molar-refractivity contribution is 0.474. The van der Waals surface area contributed by atoms with E-state index in [9.17, 15) is 5.11 Å². The quantitative estimate of drug-likeness (QED) is 0.693. The van der Waals surface area contributed by atoms with Gasteiger partial charge in [0, 0.05) is 0 Å². The Kier molecular flexibility index (Phi) is 1.77. The Balaban J connectivity index is 2.14. The Bertz CT molecular complexity index is 285. The second kappa shape index (κ2) is 2.79. The van der Waals surface area contributed by atoms with Crippen molar-refractivity contribution in [2.75, 3.05) is 6.54 Å². The minimum Gasteiger partial charge on any atom is -0.508 e. The molecule has 0 radical (unpaired) electrons. The first-order valence-corrected chi connectivity index (χ1v) is 4.30. The number of benzene rings is 1. The number of nitrogens with two attached hydrogens (primary N) is 1. The molecule has 2 nitrogen and oxygen atoms in total. The molecule has 2 heteroatoms. The van der Waals surface area contributed by atoms with Crippen molar-refractivity contribution in [3.63, 3.8) is 0 Å². The molecule has 1 aliphatic rings. The minimum absolute atomic E-state index is 0.357.